The molecular formula is C14H15FN2O2. The molecule has 0 saturated carbocycles. The van der Waals surface area contributed by atoms with E-state index in [2.05, 4.69) is 4.98 Å². The second kappa shape index (κ2) is 3.98. The van der Waals surface area contributed by atoms with Gasteiger partial charge in [-0.1, -0.05) is 0 Å². The van der Waals surface area contributed by atoms with Gasteiger partial charge >= 0.3 is 0 Å². The Labute approximate surface area is 109 Å². The highest BCUT2D eigenvalue weighted by atomic mass is 19.1. The number of amides is 1. The SMILES string of the molecule is CC1Cc2c(c(F)cc3[nH]cc(C(C)C(N)=O)c23)O1. The minimum Gasteiger partial charge on any atom is -0.487 e. The molecule has 1 aromatic heterocycles. The molecule has 0 spiro atoms. The average Bonchev–Trinajstić information content (AvgIpc) is 2.91. The van der Waals surface area contributed by atoms with Crippen molar-refractivity contribution in [3.05, 3.63) is 29.2 Å². The van der Waals surface area contributed by atoms with Crippen molar-refractivity contribution in [3.63, 3.8) is 0 Å². The number of aromatic nitrogens is 1. The van der Waals surface area contributed by atoms with E-state index in [0.29, 0.717) is 17.7 Å². The van der Waals surface area contributed by atoms with Crippen molar-refractivity contribution in [1.29, 1.82) is 0 Å². The van der Waals surface area contributed by atoms with E-state index in [1.54, 1.807) is 13.1 Å². The first kappa shape index (κ1) is 12.0. The molecule has 4 nitrogen and oxygen atoms in total. The first-order valence-electron chi connectivity index (χ1n) is 6.27. The number of ether oxygens (including phenoxy) is 1. The van der Waals surface area contributed by atoms with Crippen LogP contribution in [-0.4, -0.2) is 17.0 Å². The Hall–Kier alpha value is -2.04. The Morgan fingerprint density at radius 2 is 2.37 bits per heavy atom. The molecule has 0 fully saturated rings. The molecule has 2 unspecified atom stereocenters. The van der Waals surface area contributed by atoms with E-state index in [9.17, 15) is 9.18 Å². The summed E-state index contributed by atoms with van der Waals surface area (Å²) in [6.07, 6.45) is 2.31. The summed E-state index contributed by atoms with van der Waals surface area (Å²) in [6, 6.07) is 1.41. The third-order valence-corrected chi connectivity index (χ3v) is 3.71. The van der Waals surface area contributed by atoms with Crippen molar-refractivity contribution in [2.45, 2.75) is 32.3 Å². The zero-order valence-corrected chi connectivity index (χ0v) is 10.8. The van der Waals surface area contributed by atoms with Gasteiger partial charge < -0.3 is 15.5 Å². The second-order valence-corrected chi connectivity index (χ2v) is 5.09. The highest BCUT2D eigenvalue weighted by Crippen LogP contribution is 2.40. The first-order valence-corrected chi connectivity index (χ1v) is 6.27. The quantitative estimate of drug-likeness (QED) is 0.871. The molecule has 1 aromatic carbocycles. The normalized spacial score (nSPS) is 19.2. The summed E-state index contributed by atoms with van der Waals surface area (Å²) in [6.45, 7) is 3.65. The Bertz CT molecular complexity index is 678. The number of carbonyl (C=O) groups excluding carboxylic acids is 1. The topological polar surface area (TPSA) is 68.1 Å². The molecule has 2 atom stereocenters. The summed E-state index contributed by atoms with van der Waals surface area (Å²) < 4.78 is 19.4. The summed E-state index contributed by atoms with van der Waals surface area (Å²) in [4.78, 5) is 14.4. The lowest BCUT2D eigenvalue weighted by atomic mass is 9.95. The van der Waals surface area contributed by atoms with Crippen LogP contribution in [0.3, 0.4) is 0 Å². The fourth-order valence-corrected chi connectivity index (χ4v) is 2.70. The van der Waals surface area contributed by atoms with E-state index >= 15 is 0 Å². The third kappa shape index (κ3) is 1.69. The van der Waals surface area contributed by atoms with E-state index in [1.165, 1.54) is 6.07 Å². The Morgan fingerprint density at radius 3 is 3.05 bits per heavy atom. The van der Waals surface area contributed by atoms with Crippen LogP contribution in [0.25, 0.3) is 10.9 Å². The number of primary amides is 1. The van der Waals surface area contributed by atoms with E-state index in [-0.39, 0.29) is 11.9 Å². The van der Waals surface area contributed by atoms with Gasteiger partial charge in [-0.25, -0.2) is 4.39 Å². The Morgan fingerprint density at radius 1 is 1.63 bits per heavy atom. The zero-order valence-electron chi connectivity index (χ0n) is 10.8. The molecule has 3 N–H and O–H groups in total. The molecule has 19 heavy (non-hydrogen) atoms. The summed E-state index contributed by atoms with van der Waals surface area (Å²) in [5.41, 5.74) is 7.67. The van der Waals surface area contributed by atoms with Crippen molar-refractivity contribution in [1.82, 2.24) is 4.98 Å². The number of nitrogens with two attached hydrogens (primary N) is 1. The molecule has 1 aliphatic rings. The summed E-state index contributed by atoms with van der Waals surface area (Å²) in [5, 5.41) is 0.868. The van der Waals surface area contributed by atoms with Gasteiger partial charge in [0, 0.05) is 35.2 Å². The van der Waals surface area contributed by atoms with Crippen molar-refractivity contribution in [2.24, 2.45) is 5.73 Å². The van der Waals surface area contributed by atoms with E-state index in [1.807, 2.05) is 6.92 Å². The van der Waals surface area contributed by atoms with Gasteiger partial charge in [0.1, 0.15) is 6.10 Å². The molecule has 1 amide bonds. The number of carbonyl (C=O) groups is 1. The van der Waals surface area contributed by atoms with Gasteiger partial charge in [0.05, 0.1) is 5.92 Å². The number of benzene rings is 1. The van der Waals surface area contributed by atoms with Gasteiger partial charge in [-0.2, -0.15) is 0 Å². The fraction of sp³-hybridized carbons (Fsp3) is 0.357. The maximum absolute atomic E-state index is 13.9. The minimum atomic E-state index is -0.417. The smallest absolute Gasteiger partial charge is 0.224 e. The molecule has 0 saturated heterocycles. The average molecular weight is 262 g/mol. The van der Waals surface area contributed by atoms with Gasteiger partial charge in [-0.05, 0) is 19.4 Å². The number of nitrogens with one attached hydrogen (secondary N) is 1. The summed E-state index contributed by atoms with van der Waals surface area (Å²) in [5.74, 6) is -0.880. The molecule has 5 heteroatoms. The van der Waals surface area contributed by atoms with Gasteiger partial charge in [0.2, 0.25) is 5.91 Å². The van der Waals surface area contributed by atoms with Crippen molar-refractivity contribution in [3.8, 4) is 5.75 Å². The van der Waals surface area contributed by atoms with Crippen LogP contribution in [0, 0.1) is 5.82 Å². The van der Waals surface area contributed by atoms with E-state index in [4.69, 9.17) is 10.5 Å². The molecule has 3 rings (SSSR count). The van der Waals surface area contributed by atoms with Crippen molar-refractivity contribution in [2.75, 3.05) is 0 Å². The lowest BCUT2D eigenvalue weighted by Gasteiger charge is -2.08. The molecule has 0 radical (unpaired) electrons. The highest BCUT2D eigenvalue weighted by Gasteiger charge is 2.28. The van der Waals surface area contributed by atoms with Crippen LogP contribution < -0.4 is 10.5 Å². The minimum absolute atomic E-state index is 0.0539. The maximum atomic E-state index is 13.9. The fourth-order valence-electron chi connectivity index (χ4n) is 2.70. The number of rotatable bonds is 2. The van der Waals surface area contributed by atoms with Crippen molar-refractivity contribution >= 4 is 16.8 Å². The van der Waals surface area contributed by atoms with Crippen LogP contribution in [0.1, 0.15) is 30.9 Å². The molecule has 1 aliphatic heterocycles. The summed E-state index contributed by atoms with van der Waals surface area (Å²) in [7, 11) is 0. The third-order valence-electron chi connectivity index (χ3n) is 3.71. The van der Waals surface area contributed by atoms with Crippen LogP contribution in [0.5, 0.6) is 5.75 Å². The lowest BCUT2D eigenvalue weighted by Crippen LogP contribution is -2.18. The van der Waals surface area contributed by atoms with Crippen LogP contribution >= 0.6 is 0 Å². The molecule has 100 valence electrons. The van der Waals surface area contributed by atoms with Gasteiger partial charge in [0.25, 0.3) is 0 Å². The molecule has 0 aliphatic carbocycles. The monoisotopic (exact) mass is 262 g/mol. The largest absolute Gasteiger partial charge is 0.487 e. The number of hydrogen-bond acceptors (Lipinski definition) is 2. The molecule has 0 bridgehead atoms. The molecular weight excluding hydrogens is 247 g/mol. The number of hydrogen-bond donors (Lipinski definition) is 2. The Kier molecular flexibility index (Phi) is 2.52. The predicted octanol–water partition coefficient (Wildman–Crippen LogP) is 2.22. The van der Waals surface area contributed by atoms with Gasteiger partial charge in [-0.3, -0.25) is 4.79 Å². The molecule has 2 aromatic rings. The van der Waals surface area contributed by atoms with Gasteiger partial charge in [0.15, 0.2) is 11.6 Å². The molecule has 2 heterocycles. The van der Waals surface area contributed by atoms with Crippen LogP contribution in [0.4, 0.5) is 4.39 Å². The van der Waals surface area contributed by atoms with Crippen molar-refractivity contribution < 1.29 is 13.9 Å². The summed E-state index contributed by atoms with van der Waals surface area (Å²) >= 11 is 0. The number of halogens is 1. The second-order valence-electron chi connectivity index (χ2n) is 5.09. The van der Waals surface area contributed by atoms with Crippen LogP contribution in [0.15, 0.2) is 12.3 Å². The lowest BCUT2D eigenvalue weighted by molar-refractivity contribution is -0.119. The Balaban J connectivity index is 2.28. The number of H-pyrrole nitrogens is 1. The first-order chi connectivity index (χ1) is 8.99. The van der Waals surface area contributed by atoms with Gasteiger partial charge in [-0.15, -0.1) is 0 Å². The zero-order chi connectivity index (χ0) is 13.7. The van der Waals surface area contributed by atoms with Crippen LogP contribution in [0.2, 0.25) is 0 Å². The standard InChI is InChI=1S/C14H15FN2O2/c1-6-3-8-12-9(7(2)14(16)18)5-17-11(12)4-10(15)13(8)19-6/h4-7,17H,3H2,1-2H3,(H2,16,18). The predicted molar refractivity (Wildman–Crippen MR) is 69.7 cm³/mol. The number of aromatic amines is 1. The highest BCUT2D eigenvalue weighted by molar-refractivity contribution is 5.94. The van der Waals surface area contributed by atoms with Crippen LogP contribution in [-0.2, 0) is 11.2 Å². The van der Waals surface area contributed by atoms with E-state index in [0.717, 1.165) is 16.5 Å². The number of fused-ring (bicyclic) bond motifs is 3. The van der Waals surface area contributed by atoms with E-state index < -0.39 is 11.8 Å². The maximum Gasteiger partial charge on any atom is 0.224 e.